The Morgan fingerprint density at radius 1 is 1.13 bits per heavy atom. The molecule has 2 aromatic carbocycles. The fraction of sp³-hybridized carbons (Fsp3) is 0.0588. The second-order valence-corrected chi connectivity index (χ2v) is 6.71. The molecule has 0 bridgehead atoms. The zero-order chi connectivity index (χ0) is 16.2. The van der Waals surface area contributed by atoms with E-state index in [1.807, 2.05) is 18.2 Å². The highest BCUT2D eigenvalue weighted by molar-refractivity contribution is 7.90. The molecular weight excluding hydrogens is 334 g/mol. The minimum Gasteiger partial charge on any atom is -0.611 e. The second-order valence-electron chi connectivity index (χ2n) is 4.83. The van der Waals surface area contributed by atoms with Crippen molar-refractivity contribution in [2.45, 2.75) is 10.6 Å². The van der Waals surface area contributed by atoms with Crippen molar-refractivity contribution in [3.8, 4) is 0 Å². The summed E-state index contributed by atoms with van der Waals surface area (Å²) >= 11 is 4.55. The van der Waals surface area contributed by atoms with E-state index in [4.69, 9.17) is 16.1 Å². The Labute approximate surface area is 141 Å². The van der Waals surface area contributed by atoms with Gasteiger partial charge in [-0.2, -0.15) is 0 Å². The van der Waals surface area contributed by atoms with Gasteiger partial charge in [0.2, 0.25) is 5.78 Å². The zero-order valence-corrected chi connectivity index (χ0v) is 13.5. The lowest BCUT2D eigenvalue weighted by molar-refractivity contribution is 0.103. The smallest absolute Gasteiger partial charge is 0.215 e. The van der Waals surface area contributed by atoms with Crippen LogP contribution >= 0.6 is 11.6 Å². The molecule has 116 valence electrons. The van der Waals surface area contributed by atoms with E-state index < -0.39 is 11.2 Å². The van der Waals surface area contributed by atoms with Gasteiger partial charge >= 0.3 is 0 Å². The van der Waals surface area contributed by atoms with E-state index in [0.29, 0.717) is 21.0 Å². The molecule has 0 spiro atoms. The molecular formula is C17H12ClNO3S. The standard InChI is InChI=1S/C17H12ClNO3S/c18-14-8-6-12(7-9-14)17(20)16-13(10-22-19-16)11-23(21)15-4-2-1-3-5-15/h1-10H,11H2. The van der Waals surface area contributed by atoms with E-state index in [-0.39, 0.29) is 17.2 Å². The summed E-state index contributed by atoms with van der Waals surface area (Å²) in [5, 5.41) is 4.32. The maximum absolute atomic E-state index is 12.5. The largest absolute Gasteiger partial charge is 0.611 e. The molecule has 6 heteroatoms. The van der Waals surface area contributed by atoms with E-state index in [1.54, 1.807) is 36.4 Å². The first-order valence-corrected chi connectivity index (χ1v) is 8.52. The quantitative estimate of drug-likeness (QED) is 0.520. The topological polar surface area (TPSA) is 66.2 Å². The lowest BCUT2D eigenvalue weighted by Crippen LogP contribution is -2.10. The maximum Gasteiger partial charge on any atom is 0.215 e. The number of rotatable bonds is 5. The minimum atomic E-state index is -1.27. The van der Waals surface area contributed by atoms with Gasteiger partial charge in [-0.25, -0.2) is 0 Å². The molecule has 0 aliphatic heterocycles. The van der Waals surface area contributed by atoms with Crippen LogP contribution in [0.3, 0.4) is 0 Å². The van der Waals surface area contributed by atoms with Crippen LogP contribution in [0.5, 0.6) is 0 Å². The summed E-state index contributed by atoms with van der Waals surface area (Å²) < 4.78 is 17.3. The number of ketones is 1. The summed E-state index contributed by atoms with van der Waals surface area (Å²) in [6, 6.07) is 15.6. The summed E-state index contributed by atoms with van der Waals surface area (Å²) in [4.78, 5) is 13.2. The average Bonchev–Trinajstić information content (AvgIpc) is 3.04. The lowest BCUT2D eigenvalue weighted by atomic mass is 10.1. The third kappa shape index (κ3) is 3.64. The van der Waals surface area contributed by atoms with Gasteiger partial charge < -0.3 is 9.08 Å². The Bertz CT molecular complexity index is 802. The number of benzene rings is 2. The van der Waals surface area contributed by atoms with Gasteiger partial charge in [-0.15, -0.1) is 0 Å². The molecule has 23 heavy (non-hydrogen) atoms. The van der Waals surface area contributed by atoms with Crippen molar-refractivity contribution in [3.05, 3.63) is 82.7 Å². The van der Waals surface area contributed by atoms with Crippen LogP contribution in [0.15, 0.2) is 70.3 Å². The molecule has 0 N–H and O–H groups in total. The van der Waals surface area contributed by atoms with Crippen molar-refractivity contribution >= 4 is 28.6 Å². The fourth-order valence-corrected chi connectivity index (χ4v) is 3.32. The molecule has 1 aromatic heterocycles. The van der Waals surface area contributed by atoms with E-state index in [9.17, 15) is 9.35 Å². The van der Waals surface area contributed by atoms with Crippen LogP contribution in [0.2, 0.25) is 5.02 Å². The van der Waals surface area contributed by atoms with Crippen LogP contribution in [0, 0.1) is 0 Å². The Morgan fingerprint density at radius 2 is 1.83 bits per heavy atom. The SMILES string of the molecule is O=C(c1ccc(Cl)cc1)c1nocc1C[S+]([O-])c1ccccc1. The molecule has 0 aliphatic rings. The zero-order valence-electron chi connectivity index (χ0n) is 11.9. The second kappa shape index (κ2) is 7.00. The van der Waals surface area contributed by atoms with E-state index in [1.165, 1.54) is 6.26 Å². The summed E-state index contributed by atoms with van der Waals surface area (Å²) in [7, 11) is 0. The summed E-state index contributed by atoms with van der Waals surface area (Å²) in [6.45, 7) is 0. The van der Waals surface area contributed by atoms with Crippen LogP contribution in [-0.4, -0.2) is 15.5 Å². The highest BCUT2D eigenvalue weighted by Gasteiger charge is 2.22. The van der Waals surface area contributed by atoms with Gasteiger partial charge in [-0.1, -0.05) is 35.0 Å². The first-order valence-electron chi connectivity index (χ1n) is 6.82. The molecule has 3 rings (SSSR count). The van der Waals surface area contributed by atoms with Gasteiger partial charge in [0, 0.05) is 10.6 Å². The Balaban J connectivity index is 1.82. The monoisotopic (exact) mass is 345 g/mol. The molecule has 0 saturated carbocycles. The number of halogens is 1. The normalized spacial score (nSPS) is 12.1. The maximum atomic E-state index is 12.5. The number of carbonyl (C=O) groups is 1. The summed E-state index contributed by atoms with van der Waals surface area (Å²) in [5.74, 6) is -0.113. The Kier molecular flexibility index (Phi) is 4.81. The van der Waals surface area contributed by atoms with Gasteiger partial charge in [0.1, 0.15) is 12.0 Å². The first kappa shape index (κ1) is 15.8. The van der Waals surface area contributed by atoms with Crippen LogP contribution in [0.4, 0.5) is 0 Å². The average molecular weight is 346 g/mol. The number of hydrogen-bond acceptors (Lipinski definition) is 4. The van der Waals surface area contributed by atoms with Gasteiger partial charge in [0.25, 0.3) is 0 Å². The van der Waals surface area contributed by atoms with Gasteiger partial charge in [0.15, 0.2) is 10.6 Å². The summed E-state index contributed by atoms with van der Waals surface area (Å²) in [5.41, 5.74) is 1.15. The molecule has 3 aromatic rings. The molecule has 4 nitrogen and oxygen atoms in total. The number of hydrogen-bond donors (Lipinski definition) is 0. The third-order valence-corrected chi connectivity index (χ3v) is 4.88. The number of carbonyl (C=O) groups excluding carboxylic acids is 1. The van der Waals surface area contributed by atoms with E-state index in [2.05, 4.69) is 5.16 Å². The molecule has 1 atom stereocenters. The molecule has 1 unspecified atom stereocenters. The van der Waals surface area contributed by atoms with Crippen LogP contribution in [0.1, 0.15) is 21.6 Å². The molecule has 1 heterocycles. The number of aromatic nitrogens is 1. The predicted octanol–water partition coefficient (Wildman–Crippen LogP) is 3.87. The van der Waals surface area contributed by atoms with Gasteiger partial charge in [-0.05, 0) is 47.6 Å². The van der Waals surface area contributed by atoms with Crippen LogP contribution in [0.25, 0.3) is 0 Å². The van der Waals surface area contributed by atoms with Crippen molar-refractivity contribution < 1.29 is 13.9 Å². The molecule has 0 aliphatic carbocycles. The first-order chi connectivity index (χ1) is 11.1. The van der Waals surface area contributed by atoms with Crippen LogP contribution in [-0.2, 0) is 16.9 Å². The molecule has 0 fully saturated rings. The molecule has 0 saturated heterocycles. The minimum absolute atomic E-state index is 0.169. The van der Waals surface area contributed by atoms with E-state index in [0.717, 1.165) is 0 Å². The van der Waals surface area contributed by atoms with Gasteiger partial charge in [-0.3, -0.25) is 4.79 Å². The van der Waals surface area contributed by atoms with Crippen molar-refractivity contribution in [2.24, 2.45) is 0 Å². The Morgan fingerprint density at radius 3 is 2.52 bits per heavy atom. The highest BCUT2D eigenvalue weighted by atomic mass is 35.5. The molecule has 0 amide bonds. The fourth-order valence-electron chi connectivity index (χ4n) is 2.08. The van der Waals surface area contributed by atoms with E-state index >= 15 is 0 Å². The third-order valence-electron chi connectivity index (χ3n) is 3.26. The predicted molar refractivity (Wildman–Crippen MR) is 87.9 cm³/mol. The highest BCUT2D eigenvalue weighted by Crippen LogP contribution is 2.21. The van der Waals surface area contributed by atoms with Gasteiger partial charge in [0.05, 0.1) is 5.56 Å². The molecule has 0 radical (unpaired) electrons. The summed E-state index contributed by atoms with van der Waals surface area (Å²) in [6.07, 6.45) is 1.37. The number of nitrogens with zero attached hydrogens (tertiary/aromatic N) is 1. The Hall–Kier alpha value is -2.08. The lowest BCUT2D eigenvalue weighted by Gasteiger charge is -2.09. The van der Waals surface area contributed by atoms with Crippen molar-refractivity contribution in [1.82, 2.24) is 5.16 Å². The van der Waals surface area contributed by atoms with Crippen molar-refractivity contribution in [1.29, 1.82) is 0 Å². The van der Waals surface area contributed by atoms with Crippen LogP contribution < -0.4 is 0 Å². The van der Waals surface area contributed by atoms with Crippen molar-refractivity contribution in [2.75, 3.05) is 0 Å². The van der Waals surface area contributed by atoms with Crippen molar-refractivity contribution in [3.63, 3.8) is 0 Å².